The Hall–Kier alpha value is -3.42. The first-order chi connectivity index (χ1) is 13.8. The number of amides is 1. The van der Waals surface area contributed by atoms with Crippen molar-refractivity contribution in [2.24, 2.45) is 0 Å². The van der Waals surface area contributed by atoms with E-state index < -0.39 is 23.7 Å². The Balaban J connectivity index is 1.81. The van der Waals surface area contributed by atoms with Crippen molar-refractivity contribution >= 4 is 11.5 Å². The minimum Gasteiger partial charge on any atom is -0.335 e. The molecule has 8 heteroatoms. The highest BCUT2D eigenvalue weighted by Crippen LogP contribution is 2.34. The molecule has 3 aromatic rings. The fraction of sp³-hybridized carbons (Fsp3) is 0.190. The smallest absolute Gasteiger partial charge is 0.335 e. The number of alkyl halides is 3. The molecule has 1 heterocycles. The fourth-order valence-corrected chi connectivity index (χ4v) is 2.83. The lowest BCUT2D eigenvalue weighted by atomic mass is 10.0. The Bertz CT molecular complexity index is 981. The highest BCUT2D eigenvalue weighted by atomic mass is 19.4. The van der Waals surface area contributed by atoms with E-state index in [1.165, 1.54) is 42.5 Å². The summed E-state index contributed by atoms with van der Waals surface area (Å²) in [5, 5.41) is 4.04. The molecule has 0 saturated carbocycles. The number of rotatable bonds is 5. The van der Waals surface area contributed by atoms with Gasteiger partial charge >= 0.3 is 6.18 Å². The molecular weight excluding hydrogens is 381 g/mol. The summed E-state index contributed by atoms with van der Waals surface area (Å²) >= 11 is 0. The molecule has 0 aliphatic heterocycles. The van der Waals surface area contributed by atoms with Crippen molar-refractivity contribution in [2.75, 3.05) is 7.05 Å². The van der Waals surface area contributed by atoms with Gasteiger partial charge in [0, 0.05) is 13.1 Å². The van der Waals surface area contributed by atoms with E-state index in [2.05, 4.69) is 10.1 Å². The van der Waals surface area contributed by atoms with Gasteiger partial charge in [-0.1, -0.05) is 42.5 Å². The van der Waals surface area contributed by atoms with Crippen molar-refractivity contribution in [3.8, 4) is 5.69 Å². The molecule has 0 N–H and O–H groups in total. The second kappa shape index (κ2) is 8.30. The fourth-order valence-electron chi connectivity index (χ4n) is 2.83. The van der Waals surface area contributed by atoms with E-state index >= 15 is 0 Å². The molecule has 5 nitrogen and oxygen atoms in total. The first kappa shape index (κ1) is 20.3. The molecule has 0 aliphatic carbocycles. The van der Waals surface area contributed by atoms with Crippen LogP contribution >= 0.6 is 0 Å². The van der Waals surface area contributed by atoms with E-state index in [9.17, 15) is 18.0 Å². The van der Waals surface area contributed by atoms with Gasteiger partial charge in [-0.2, -0.15) is 18.3 Å². The summed E-state index contributed by atoms with van der Waals surface area (Å²) in [6.45, 7) is 1.76. The molecule has 0 aliphatic rings. The summed E-state index contributed by atoms with van der Waals surface area (Å²) in [4.78, 5) is 17.7. The zero-order valence-electron chi connectivity index (χ0n) is 15.8. The third-order valence-corrected chi connectivity index (χ3v) is 4.65. The predicted molar refractivity (Wildman–Crippen MR) is 103 cm³/mol. The van der Waals surface area contributed by atoms with E-state index in [1.807, 2.05) is 0 Å². The van der Waals surface area contributed by atoms with Crippen LogP contribution in [0.15, 0.2) is 73.3 Å². The maximum absolute atomic E-state index is 13.5. The molecule has 1 amide bonds. The summed E-state index contributed by atoms with van der Waals surface area (Å²) in [6.07, 6.45) is -1.02. The number of halogens is 3. The number of benzene rings is 2. The molecule has 29 heavy (non-hydrogen) atoms. The maximum atomic E-state index is 13.5. The number of carbonyl (C=O) groups excluding carboxylic acids is 1. The number of likely N-dealkylation sites (N-methyl/N-ethyl adjacent to an activating group) is 1. The number of hydrogen-bond donors (Lipinski definition) is 0. The molecule has 150 valence electrons. The molecule has 1 aromatic heterocycles. The quantitative estimate of drug-likeness (QED) is 0.596. The van der Waals surface area contributed by atoms with Crippen LogP contribution in [0, 0.1) is 0 Å². The molecule has 1 atom stereocenters. The van der Waals surface area contributed by atoms with Crippen LogP contribution in [-0.2, 0) is 4.79 Å². The van der Waals surface area contributed by atoms with Crippen LogP contribution in [0.3, 0.4) is 0 Å². The second-order valence-electron chi connectivity index (χ2n) is 6.48. The van der Waals surface area contributed by atoms with Crippen molar-refractivity contribution in [2.45, 2.75) is 19.1 Å². The van der Waals surface area contributed by atoms with Gasteiger partial charge in [0.2, 0.25) is 5.91 Å². The van der Waals surface area contributed by atoms with Gasteiger partial charge in [0.1, 0.15) is 12.7 Å². The van der Waals surface area contributed by atoms with Gasteiger partial charge in [0.05, 0.1) is 17.3 Å². The van der Waals surface area contributed by atoms with Gasteiger partial charge in [-0.25, -0.2) is 9.67 Å². The molecule has 0 spiro atoms. The highest BCUT2D eigenvalue weighted by molar-refractivity contribution is 5.96. The summed E-state index contributed by atoms with van der Waals surface area (Å²) in [6, 6.07) is 14.1. The zero-order chi connectivity index (χ0) is 21.0. The van der Waals surface area contributed by atoms with Crippen LogP contribution in [0.25, 0.3) is 11.3 Å². The van der Waals surface area contributed by atoms with Crippen LogP contribution in [-0.4, -0.2) is 38.8 Å². The first-order valence-corrected chi connectivity index (χ1v) is 8.83. The third-order valence-electron chi connectivity index (χ3n) is 4.65. The minimum atomic E-state index is -4.64. The molecule has 0 saturated heterocycles. The first-order valence-electron chi connectivity index (χ1n) is 8.83. The normalized spacial score (nSPS) is 13.2. The lowest BCUT2D eigenvalue weighted by Crippen LogP contribution is -2.29. The summed E-state index contributed by atoms with van der Waals surface area (Å²) in [7, 11) is 1.48. The lowest BCUT2D eigenvalue weighted by molar-refractivity contribution is -0.127. The second-order valence-corrected chi connectivity index (χ2v) is 6.48. The number of carbonyl (C=O) groups is 1. The Labute approximate surface area is 166 Å². The molecule has 0 radical (unpaired) electrons. The van der Waals surface area contributed by atoms with E-state index in [0.717, 1.165) is 11.3 Å². The average Bonchev–Trinajstić information content (AvgIpc) is 3.25. The summed E-state index contributed by atoms with van der Waals surface area (Å²) in [5.74, 6) is -0.728. The Morgan fingerprint density at radius 2 is 1.76 bits per heavy atom. The lowest BCUT2D eigenvalue weighted by Gasteiger charge is -2.25. The van der Waals surface area contributed by atoms with Crippen LogP contribution in [0.2, 0.25) is 0 Å². The predicted octanol–water partition coefficient (Wildman–Crippen LogP) is 4.43. The topological polar surface area (TPSA) is 51.0 Å². The molecule has 0 bridgehead atoms. The van der Waals surface area contributed by atoms with E-state index in [1.54, 1.807) is 48.3 Å². The van der Waals surface area contributed by atoms with Gasteiger partial charge in [-0.05, 0) is 30.2 Å². The average molecular weight is 400 g/mol. The van der Waals surface area contributed by atoms with Crippen molar-refractivity contribution in [1.82, 2.24) is 19.7 Å². The highest BCUT2D eigenvalue weighted by Gasteiger charge is 2.35. The number of aromatic nitrogens is 3. The van der Waals surface area contributed by atoms with Crippen LogP contribution in [0.4, 0.5) is 13.2 Å². The number of allylic oxidation sites excluding steroid dienone is 1. The van der Waals surface area contributed by atoms with E-state index in [0.29, 0.717) is 6.08 Å². The zero-order valence-corrected chi connectivity index (χ0v) is 15.8. The summed E-state index contributed by atoms with van der Waals surface area (Å²) < 4.78 is 42.0. The van der Waals surface area contributed by atoms with Crippen molar-refractivity contribution in [3.05, 3.63) is 84.5 Å². The number of nitrogens with zero attached hydrogens (tertiary/aromatic N) is 4. The molecule has 3 rings (SSSR count). The standard InChI is InChI=1S/C21H19F3N4O/c1-15(16-8-10-18(11-9-16)28-14-25-13-26-28)27(2)20(29)12-19(21(22,23)24)17-6-4-3-5-7-17/h3-15H,1-2H3/b19-12-. The monoisotopic (exact) mass is 400 g/mol. The van der Waals surface area contributed by atoms with Crippen LogP contribution in [0.1, 0.15) is 24.1 Å². The van der Waals surface area contributed by atoms with Crippen molar-refractivity contribution in [3.63, 3.8) is 0 Å². The summed E-state index contributed by atoms with van der Waals surface area (Å²) in [5.41, 5.74) is 0.553. The van der Waals surface area contributed by atoms with Crippen molar-refractivity contribution < 1.29 is 18.0 Å². The van der Waals surface area contributed by atoms with Gasteiger partial charge in [-0.3, -0.25) is 4.79 Å². The Morgan fingerprint density at radius 3 is 2.31 bits per heavy atom. The van der Waals surface area contributed by atoms with Gasteiger partial charge in [-0.15, -0.1) is 0 Å². The minimum absolute atomic E-state index is 0.0495. The van der Waals surface area contributed by atoms with Gasteiger partial charge < -0.3 is 4.90 Å². The molecule has 1 unspecified atom stereocenters. The SMILES string of the molecule is CC(c1ccc(-n2cncn2)cc1)N(C)C(=O)/C=C(/c1ccccc1)C(F)(F)F. The van der Waals surface area contributed by atoms with E-state index in [4.69, 9.17) is 0 Å². The van der Waals surface area contributed by atoms with Gasteiger partial charge in [0.25, 0.3) is 0 Å². The Kier molecular flexibility index (Phi) is 5.81. The molecule has 0 fully saturated rings. The third kappa shape index (κ3) is 4.71. The number of hydrogen-bond acceptors (Lipinski definition) is 3. The van der Waals surface area contributed by atoms with Crippen molar-refractivity contribution in [1.29, 1.82) is 0 Å². The largest absolute Gasteiger partial charge is 0.417 e. The molecule has 2 aromatic carbocycles. The van der Waals surface area contributed by atoms with Gasteiger partial charge in [0.15, 0.2) is 0 Å². The Morgan fingerprint density at radius 1 is 1.10 bits per heavy atom. The van der Waals surface area contributed by atoms with Crippen LogP contribution in [0.5, 0.6) is 0 Å². The van der Waals surface area contributed by atoms with Crippen LogP contribution < -0.4 is 0 Å². The van der Waals surface area contributed by atoms with E-state index in [-0.39, 0.29) is 5.56 Å². The molecular formula is C21H19F3N4O. The maximum Gasteiger partial charge on any atom is 0.417 e.